The molecule has 0 atom stereocenters. The molecular formula is C9H7N5O4S. The molecule has 0 bridgehead atoms. The van der Waals surface area contributed by atoms with E-state index in [2.05, 4.69) is 15.5 Å². The number of aromatic carboxylic acids is 1. The highest BCUT2D eigenvalue weighted by molar-refractivity contribution is 7.99. The Hall–Kier alpha value is -2.49. The minimum absolute atomic E-state index is 0.146. The van der Waals surface area contributed by atoms with Gasteiger partial charge in [-0.25, -0.2) is 9.48 Å². The maximum Gasteiger partial charge on any atom is 0.335 e. The van der Waals surface area contributed by atoms with Gasteiger partial charge in [0.05, 0.1) is 15.4 Å². The number of nitrogens with zero attached hydrogens (tertiary/aromatic N) is 5. The van der Waals surface area contributed by atoms with E-state index >= 15 is 0 Å². The molecule has 0 fully saturated rings. The average molecular weight is 281 g/mol. The smallest absolute Gasteiger partial charge is 0.335 e. The quantitative estimate of drug-likeness (QED) is 0.649. The fourth-order valence-electron chi connectivity index (χ4n) is 1.29. The van der Waals surface area contributed by atoms with E-state index in [9.17, 15) is 14.9 Å². The van der Waals surface area contributed by atoms with E-state index in [1.54, 1.807) is 7.05 Å². The minimum Gasteiger partial charge on any atom is -0.478 e. The number of aryl methyl sites for hydroxylation is 1. The van der Waals surface area contributed by atoms with Crippen molar-refractivity contribution in [3.8, 4) is 0 Å². The number of benzene rings is 1. The number of carboxylic acids is 1. The molecule has 0 amide bonds. The summed E-state index contributed by atoms with van der Waals surface area (Å²) in [5.41, 5.74) is -0.444. The highest BCUT2D eigenvalue weighted by atomic mass is 32.2. The van der Waals surface area contributed by atoms with Crippen LogP contribution in [0.3, 0.4) is 0 Å². The number of hydrogen-bond donors (Lipinski definition) is 1. The predicted molar refractivity (Wildman–Crippen MR) is 63.0 cm³/mol. The van der Waals surface area contributed by atoms with Crippen molar-refractivity contribution in [1.29, 1.82) is 0 Å². The maximum absolute atomic E-state index is 11.0. The van der Waals surface area contributed by atoms with Gasteiger partial charge in [-0.1, -0.05) is 0 Å². The summed E-state index contributed by atoms with van der Waals surface area (Å²) in [6, 6.07) is 3.66. The lowest BCUT2D eigenvalue weighted by molar-refractivity contribution is -0.387. The van der Waals surface area contributed by atoms with Crippen molar-refractivity contribution < 1.29 is 14.8 Å². The molecule has 1 N–H and O–H groups in total. The Morgan fingerprint density at radius 3 is 2.79 bits per heavy atom. The monoisotopic (exact) mass is 281 g/mol. The van der Waals surface area contributed by atoms with Crippen LogP contribution < -0.4 is 0 Å². The van der Waals surface area contributed by atoms with Crippen molar-refractivity contribution in [3.05, 3.63) is 33.9 Å². The molecule has 0 unspecified atom stereocenters. The lowest BCUT2D eigenvalue weighted by Crippen LogP contribution is -2.00. The molecule has 0 radical (unpaired) electrons. The van der Waals surface area contributed by atoms with Crippen molar-refractivity contribution in [2.45, 2.75) is 10.1 Å². The van der Waals surface area contributed by atoms with Gasteiger partial charge in [-0.3, -0.25) is 10.1 Å². The molecule has 2 aromatic rings. The minimum atomic E-state index is -1.22. The topological polar surface area (TPSA) is 124 Å². The van der Waals surface area contributed by atoms with Crippen molar-refractivity contribution in [1.82, 2.24) is 20.2 Å². The molecular weight excluding hydrogens is 274 g/mol. The summed E-state index contributed by atoms with van der Waals surface area (Å²) in [5, 5.41) is 30.8. The molecule has 0 aliphatic heterocycles. The molecule has 0 aliphatic carbocycles. The van der Waals surface area contributed by atoms with E-state index in [-0.39, 0.29) is 16.1 Å². The van der Waals surface area contributed by atoms with Crippen LogP contribution in [-0.4, -0.2) is 36.2 Å². The van der Waals surface area contributed by atoms with Crippen LogP contribution in [0.25, 0.3) is 0 Å². The van der Waals surface area contributed by atoms with Crippen LogP contribution in [-0.2, 0) is 7.05 Å². The molecule has 0 spiro atoms. The lowest BCUT2D eigenvalue weighted by Gasteiger charge is -2.02. The number of rotatable bonds is 4. The summed E-state index contributed by atoms with van der Waals surface area (Å²) < 4.78 is 1.36. The van der Waals surface area contributed by atoms with E-state index in [1.807, 2.05) is 0 Å². The van der Waals surface area contributed by atoms with Gasteiger partial charge in [-0.15, -0.1) is 5.10 Å². The van der Waals surface area contributed by atoms with Gasteiger partial charge in [-0.2, -0.15) is 0 Å². The maximum atomic E-state index is 11.0. The van der Waals surface area contributed by atoms with E-state index in [4.69, 9.17) is 5.11 Å². The Balaban J connectivity index is 2.43. The van der Waals surface area contributed by atoms with Gasteiger partial charge in [-0.05, 0) is 34.3 Å². The van der Waals surface area contributed by atoms with Gasteiger partial charge in [0.15, 0.2) is 0 Å². The Morgan fingerprint density at radius 2 is 2.26 bits per heavy atom. The van der Waals surface area contributed by atoms with Crippen LogP contribution in [0.5, 0.6) is 0 Å². The first kappa shape index (κ1) is 13.0. The molecule has 2 rings (SSSR count). The first-order chi connectivity index (χ1) is 8.99. The summed E-state index contributed by atoms with van der Waals surface area (Å²) in [4.78, 5) is 21.4. The fourth-order valence-corrected chi connectivity index (χ4v) is 2.10. The number of carbonyl (C=O) groups is 1. The van der Waals surface area contributed by atoms with E-state index in [0.717, 1.165) is 17.8 Å². The Bertz CT molecular complexity index is 656. The van der Waals surface area contributed by atoms with Crippen LogP contribution >= 0.6 is 11.8 Å². The standard InChI is InChI=1S/C9H7N5O4S/c1-13-9(10-11-12-13)19-7-3-2-5(8(15)16)4-6(7)14(17)18/h2-4H,1H3,(H,15,16). The summed E-state index contributed by atoms with van der Waals surface area (Å²) in [5.74, 6) is -1.22. The number of carboxylic acid groups (broad SMARTS) is 1. The third-order valence-corrected chi connectivity index (χ3v) is 3.28. The van der Waals surface area contributed by atoms with Gasteiger partial charge in [0.2, 0.25) is 5.16 Å². The molecule has 19 heavy (non-hydrogen) atoms. The first-order valence-electron chi connectivity index (χ1n) is 4.91. The van der Waals surface area contributed by atoms with E-state index in [0.29, 0.717) is 5.16 Å². The average Bonchev–Trinajstić information content (AvgIpc) is 2.75. The number of aromatic nitrogens is 4. The van der Waals surface area contributed by atoms with Crippen molar-refractivity contribution in [2.75, 3.05) is 0 Å². The number of hydrogen-bond acceptors (Lipinski definition) is 7. The number of nitro benzene ring substituents is 1. The molecule has 0 saturated carbocycles. The second kappa shape index (κ2) is 5.02. The summed E-state index contributed by atoms with van der Waals surface area (Å²) in [6.07, 6.45) is 0. The van der Waals surface area contributed by atoms with Crippen molar-refractivity contribution in [3.63, 3.8) is 0 Å². The van der Waals surface area contributed by atoms with Crippen molar-refractivity contribution >= 4 is 23.4 Å². The van der Waals surface area contributed by atoms with Gasteiger partial charge in [0.1, 0.15) is 0 Å². The predicted octanol–water partition coefficient (Wildman–Crippen LogP) is 0.968. The van der Waals surface area contributed by atoms with Crippen LogP contribution in [0.15, 0.2) is 28.3 Å². The third-order valence-electron chi connectivity index (χ3n) is 2.19. The molecule has 98 valence electrons. The molecule has 9 nitrogen and oxygen atoms in total. The third kappa shape index (κ3) is 2.68. The van der Waals surface area contributed by atoms with Crippen molar-refractivity contribution in [2.24, 2.45) is 7.05 Å². The largest absolute Gasteiger partial charge is 0.478 e. The highest BCUT2D eigenvalue weighted by Gasteiger charge is 2.19. The normalized spacial score (nSPS) is 10.4. The number of tetrazole rings is 1. The zero-order valence-corrected chi connectivity index (χ0v) is 10.4. The highest BCUT2D eigenvalue weighted by Crippen LogP contribution is 2.33. The van der Waals surface area contributed by atoms with E-state index < -0.39 is 10.9 Å². The van der Waals surface area contributed by atoms with Gasteiger partial charge >= 0.3 is 5.97 Å². The molecule has 0 aliphatic rings. The van der Waals surface area contributed by atoms with Crippen LogP contribution in [0.4, 0.5) is 5.69 Å². The fraction of sp³-hybridized carbons (Fsp3) is 0.111. The van der Waals surface area contributed by atoms with Gasteiger partial charge in [0, 0.05) is 13.1 Å². The summed E-state index contributed by atoms with van der Waals surface area (Å²) >= 11 is 0.989. The Labute approximate surface area is 110 Å². The summed E-state index contributed by atoms with van der Waals surface area (Å²) in [6.45, 7) is 0. The second-order valence-corrected chi connectivity index (χ2v) is 4.44. The SMILES string of the molecule is Cn1nnnc1Sc1ccc(C(=O)O)cc1[N+](=O)[O-]. The molecule has 1 aromatic carbocycles. The van der Waals surface area contributed by atoms with Crippen LogP contribution in [0.2, 0.25) is 0 Å². The van der Waals surface area contributed by atoms with Gasteiger partial charge in [0.25, 0.3) is 5.69 Å². The van der Waals surface area contributed by atoms with Gasteiger partial charge < -0.3 is 5.11 Å². The molecule has 0 saturated heterocycles. The molecule has 1 aromatic heterocycles. The first-order valence-corrected chi connectivity index (χ1v) is 5.72. The van der Waals surface area contributed by atoms with Crippen LogP contribution in [0.1, 0.15) is 10.4 Å². The Morgan fingerprint density at radius 1 is 1.53 bits per heavy atom. The van der Waals surface area contributed by atoms with E-state index in [1.165, 1.54) is 16.8 Å². The number of nitro groups is 1. The lowest BCUT2D eigenvalue weighted by atomic mass is 10.2. The van der Waals surface area contributed by atoms with Crippen LogP contribution in [0, 0.1) is 10.1 Å². The summed E-state index contributed by atoms with van der Waals surface area (Å²) in [7, 11) is 1.60. The second-order valence-electron chi connectivity index (χ2n) is 3.43. The Kier molecular flexibility index (Phi) is 3.42. The molecule has 1 heterocycles. The zero-order chi connectivity index (χ0) is 14.0. The zero-order valence-electron chi connectivity index (χ0n) is 9.55. The molecule has 10 heteroatoms.